The van der Waals surface area contributed by atoms with Crippen molar-refractivity contribution in [1.82, 2.24) is 10.2 Å². The SMILES string of the molecule is COC(C)(C)C(=O)NC1CCN(CC(N)=O)CC1. The monoisotopic (exact) mass is 257 g/mol. The summed E-state index contributed by atoms with van der Waals surface area (Å²) in [6.07, 6.45) is 1.66. The van der Waals surface area contributed by atoms with Crippen LogP contribution in [0.4, 0.5) is 0 Å². The van der Waals surface area contributed by atoms with Crippen molar-refractivity contribution in [2.24, 2.45) is 5.73 Å². The molecule has 0 aromatic heterocycles. The predicted molar refractivity (Wildman–Crippen MR) is 67.9 cm³/mol. The van der Waals surface area contributed by atoms with Crippen molar-refractivity contribution in [2.75, 3.05) is 26.7 Å². The molecule has 1 rings (SSSR count). The first-order valence-electron chi connectivity index (χ1n) is 6.22. The summed E-state index contributed by atoms with van der Waals surface area (Å²) in [6.45, 7) is 5.34. The third-order valence-electron chi connectivity index (χ3n) is 3.36. The largest absolute Gasteiger partial charge is 0.369 e. The molecule has 0 spiro atoms. The molecule has 18 heavy (non-hydrogen) atoms. The first kappa shape index (κ1) is 14.9. The molecule has 0 unspecified atom stereocenters. The highest BCUT2D eigenvalue weighted by molar-refractivity contribution is 5.84. The van der Waals surface area contributed by atoms with Crippen molar-refractivity contribution in [1.29, 1.82) is 0 Å². The van der Waals surface area contributed by atoms with Gasteiger partial charge in [-0.1, -0.05) is 0 Å². The lowest BCUT2D eigenvalue weighted by Gasteiger charge is -2.33. The fourth-order valence-corrected chi connectivity index (χ4v) is 1.91. The highest BCUT2D eigenvalue weighted by Crippen LogP contribution is 2.13. The zero-order chi connectivity index (χ0) is 13.8. The number of hydrogen-bond acceptors (Lipinski definition) is 4. The van der Waals surface area contributed by atoms with Gasteiger partial charge < -0.3 is 15.8 Å². The summed E-state index contributed by atoms with van der Waals surface area (Å²) < 4.78 is 5.13. The standard InChI is InChI=1S/C12H23N3O3/c1-12(2,18-3)11(17)14-9-4-6-15(7-5-9)8-10(13)16/h9H,4-8H2,1-3H3,(H2,13,16)(H,14,17). The summed E-state index contributed by atoms with van der Waals surface area (Å²) >= 11 is 0. The van der Waals surface area contributed by atoms with E-state index in [0.717, 1.165) is 25.9 Å². The Morgan fingerprint density at radius 1 is 1.39 bits per heavy atom. The summed E-state index contributed by atoms with van der Waals surface area (Å²) in [7, 11) is 1.52. The third kappa shape index (κ3) is 4.27. The molecule has 0 saturated carbocycles. The van der Waals surface area contributed by atoms with E-state index in [1.807, 2.05) is 4.90 Å². The molecular weight excluding hydrogens is 234 g/mol. The maximum atomic E-state index is 11.9. The number of piperidine rings is 1. The molecule has 0 aromatic rings. The second kappa shape index (κ2) is 6.15. The summed E-state index contributed by atoms with van der Waals surface area (Å²) in [4.78, 5) is 24.7. The van der Waals surface area contributed by atoms with E-state index in [9.17, 15) is 9.59 Å². The minimum absolute atomic E-state index is 0.0987. The Bertz CT molecular complexity index is 310. The quantitative estimate of drug-likeness (QED) is 0.694. The minimum Gasteiger partial charge on any atom is -0.369 e. The van der Waals surface area contributed by atoms with Crippen LogP contribution in [0.25, 0.3) is 0 Å². The Morgan fingerprint density at radius 3 is 2.39 bits per heavy atom. The van der Waals surface area contributed by atoms with Crippen LogP contribution in [0.15, 0.2) is 0 Å². The van der Waals surface area contributed by atoms with Crippen LogP contribution in [0.5, 0.6) is 0 Å². The van der Waals surface area contributed by atoms with E-state index >= 15 is 0 Å². The first-order valence-corrected chi connectivity index (χ1v) is 6.22. The lowest BCUT2D eigenvalue weighted by molar-refractivity contribution is -0.140. The van der Waals surface area contributed by atoms with E-state index in [1.165, 1.54) is 7.11 Å². The predicted octanol–water partition coefficient (Wildman–Crippen LogP) is -0.523. The van der Waals surface area contributed by atoms with E-state index in [1.54, 1.807) is 13.8 Å². The average molecular weight is 257 g/mol. The number of likely N-dealkylation sites (tertiary alicyclic amines) is 1. The molecule has 0 radical (unpaired) electrons. The van der Waals surface area contributed by atoms with Crippen molar-refractivity contribution in [2.45, 2.75) is 38.3 Å². The van der Waals surface area contributed by atoms with Crippen molar-refractivity contribution in [3.63, 3.8) is 0 Å². The summed E-state index contributed by atoms with van der Waals surface area (Å²) in [5, 5.41) is 2.98. The maximum Gasteiger partial charge on any atom is 0.251 e. The van der Waals surface area contributed by atoms with Crippen molar-refractivity contribution >= 4 is 11.8 Å². The van der Waals surface area contributed by atoms with Gasteiger partial charge in [0, 0.05) is 26.2 Å². The molecule has 0 aromatic carbocycles. The maximum absolute atomic E-state index is 11.9. The van der Waals surface area contributed by atoms with Gasteiger partial charge in [-0.2, -0.15) is 0 Å². The Hall–Kier alpha value is -1.14. The van der Waals surface area contributed by atoms with Gasteiger partial charge in [-0.3, -0.25) is 14.5 Å². The average Bonchev–Trinajstić information content (AvgIpc) is 2.31. The van der Waals surface area contributed by atoms with Gasteiger partial charge >= 0.3 is 0 Å². The number of nitrogens with zero attached hydrogens (tertiary/aromatic N) is 1. The number of primary amides is 1. The summed E-state index contributed by atoms with van der Waals surface area (Å²) in [5.41, 5.74) is 4.35. The van der Waals surface area contributed by atoms with E-state index in [0.29, 0.717) is 6.54 Å². The zero-order valence-electron chi connectivity index (χ0n) is 11.4. The molecule has 0 atom stereocenters. The summed E-state index contributed by atoms with van der Waals surface area (Å²) in [5.74, 6) is -0.406. The molecule has 104 valence electrons. The molecule has 3 N–H and O–H groups in total. The van der Waals surface area contributed by atoms with Gasteiger partial charge in [0.2, 0.25) is 5.91 Å². The number of methoxy groups -OCH3 is 1. The van der Waals surface area contributed by atoms with Crippen LogP contribution in [-0.2, 0) is 14.3 Å². The number of carbonyl (C=O) groups is 2. The van der Waals surface area contributed by atoms with E-state index in [4.69, 9.17) is 10.5 Å². The van der Waals surface area contributed by atoms with Crippen LogP contribution in [0.2, 0.25) is 0 Å². The molecule has 1 fully saturated rings. The zero-order valence-corrected chi connectivity index (χ0v) is 11.4. The smallest absolute Gasteiger partial charge is 0.251 e. The Labute approximate surface area is 108 Å². The molecule has 1 heterocycles. The second-order valence-electron chi connectivity index (χ2n) is 5.20. The molecule has 6 heteroatoms. The fraction of sp³-hybridized carbons (Fsp3) is 0.833. The minimum atomic E-state index is -0.801. The molecule has 2 amide bonds. The number of rotatable bonds is 5. The third-order valence-corrected chi connectivity index (χ3v) is 3.36. The van der Waals surface area contributed by atoms with E-state index in [2.05, 4.69) is 5.32 Å². The number of hydrogen-bond donors (Lipinski definition) is 2. The van der Waals surface area contributed by atoms with Crippen molar-refractivity contribution in [3.8, 4) is 0 Å². The number of carbonyl (C=O) groups excluding carboxylic acids is 2. The number of ether oxygens (including phenoxy) is 1. The van der Waals surface area contributed by atoms with Gasteiger partial charge in [0.1, 0.15) is 5.60 Å². The highest BCUT2D eigenvalue weighted by atomic mass is 16.5. The summed E-state index contributed by atoms with van der Waals surface area (Å²) in [6, 6.07) is 0.149. The van der Waals surface area contributed by atoms with Gasteiger partial charge in [-0.05, 0) is 26.7 Å². The van der Waals surface area contributed by atoms with Crippen LogP contribution < -0.4 is 11.1 Å². The Kier molecular flexibility index (Phi) is 5.10. The first-order chi connectivity index (χ1) is 8.35. The number of nitrogens with one attached hydrogen (secondary N) is 1. The lowest BCUT2D eigenvalue weighted by Crippen LogP contribution is -2.51. The van der Waals surface area contributed by atoms with E-state index in [-0.39, 0.29) is 17.9 Å². The molecule has 1 aliphatic heterocycles. The Morgan fingerprint density at radius 2 is 1.94 bits per heavy atom. The van der Waals surface area contributed by atoms with Crippen LogP contribution in [0.1, 0.15) is 26.7 Å². The molecule has 0 bridgehead atoms. The van der Waals surface area contributed by atoms with Gasteiger partial charge in [0.05, 0.1) is 6.54 Å². The van der Waals surface area contributed by atoms with Gasteiger partial charge in [-0.25, -0.2) is 0 Å². The van der Waals surface area contributed by atoms with Crippen LogP contribution >= 0.6 is 0 Å². The molecular formula is C12H23N3O3. The van der Waals surface area contributed by atoms with E-state index < -0.39 is 5.60 Å². The number of amides is 2. The molecule has 0 aliphatic carbocycles. The van der Waals surface area contributed by atoms with Crippen LogP contribution in [0, 0.1) is 0 Å². The molecule has 1 aliphatic rings. The van der Waals surface area contributed by atoms with Crippen LogP contribution in [0.3, 0.4) is 0 Å². The molecule has 6 nitrogen and oxygen atoms in total. The topological polar surface area (TPSA) is 84.7 Å². The lowest BCUT2D eigenvalue weighted by atomic mass is 10.0. The molecule has 1 saturated heterocycles. The Balaban J connectivity index is 2.36. The number of nitrogens with two attached hydrogens (primary N) is 1. The normalized spacial score (nSPS) is 18.6. The van der Waals surface area contributed by atoms with Crippen LogP contribution in [-0.4, -0.2) is 55.1 Å². The van der Waals surface area contributed by atoms with Gasteiger partial charge in [0.25, 0.3) is 5.91 Å². The van der Waals surface area contributed by atoms with Gasteiger partial charge in [-0.15, -0.1) is 0 Å². The van der Waals surface area contributed by atoms with Gasteiger partial charge in [0.15, 0.2) is 0 Å². The second-order valence-corrected chi connectivity index (χ2v) is 5.20. The van der Waals surface area contributed by atoms with Crippen molar-refractivity contribution in [3.05, 3.63) is 0 Å². The van der Waals surface area contributed by atoms with Crippen molar-refractivity contribution < 1.29 is 14.3 Å². The fourth-order valence-electron chi connectivity index (χ4n) is 1.91. The highest BCUT2D eigenvalue weighted by Gasteiger charge is 2.30.